The molecule has 0 saturated heterocycles. The van der Waals surface area contributed by atoms with Crippen LogP contribution in [0.4, 0.5) is 5.95 Å². The predicted molar refractivity (Wildman–Crippen MR) is 94.8 cm³/mol. The molecule has 4 rings (SSSR count). The average molecular weight is 297 g/mol. The number of benzene rings is 3. The SMILES string of the molecule is Nc1nc(-c2ccccc2)cc(-c2cccc3ccccc23)n1. The normalized spacial score (nSPS) is 10.8. The lowest BCUT2D eigenvalue weighted by atomic mass is 10.0. The van der Waals surface area contributed by atoms with Gasteiger partial charge in [0.05, 0.1) is 11.4 Å². The Morgan fingerprint density at radius 1 is 0.652 bits per heavy atom. The van der Waals surface area contributed by atoms with Crippen LogP contribution in [-0.2, 0) is 0 Å². The summed E-state index contributed by atoms with van der Waals surface area (Å²) in [6, 6.07) is 26.5. The maximum absolute atomic E-state index is 5.96. The molecule has 0 atom stereocenters. The molecule has 0 radical (unpaired) electrons. The Kier molecular flexibility index (Phi) is 3.24. The molecule has 23 heavy (non-hydrogen) atoms. The van der Waals surface area contributed by atoms with Crippen molar-refractivity contribution in [3.05, 3.63) is 78.9 Å². The number of rotatable bonds is 2. The van der Waals surface area contributed by atoms with Crippen LogP contribution in [0.15, 0.2) is 78.9 Å². The fraction of sp³-hybridized carbons (Fsp3) is 0. The van der Waals surface area contributed by atoms with Gasteiger partial charge in [0, 0.05) is 11.1 Å². The molecular formula is C20H15N3. The molecule has 0 saturated carbocycles. The molecule has 4 aromatic rings. The number of nitrogen functional groups attached to an aromatic ring is 1. The molecule has 0 fully saturated rings. The van der Waals surface area contributed by atoms with Crippen molar-refractivity contribution in [3.63, 3.8) is 0 Å². The van der Waals surface area contributed by atoms with E-state index in [1.165, 1.54) is 5.39 Å². The van der Waals surface area contributed by atoms with E-state index in [0.717, 1.165) is 27.9 Å². The third-order valence-corrected chi connectivity index (χ3v) is 3.88. The molecule has 0 aliphatic rings. The van der Waals surface area contributed by atoms with Crippen LogP contribution in [-0.4, -0.2) is 9.97 Å². The minimum absolute atomic E-state index is 0.286. The molecule has 3 heteroatoms. The fourth-order valence-corrected chi connectivity index (χ4v) is 2.81. The summed E-state index contributed by atoms with van der Waals surface area (Å²) >= 11 is 0. The van der Waals surface area contributed by atoms with Gasteiger partial charge in [-0.2, -0.15) is 0 Å². The summed E-state index contributed by atoms with van der Waals surface area (Å²) in [4.78, 5) is 8.82. The summed E-state index contributed by atoms with van der Waals surface area (Å²) in [5, 5.41) is 2.34. The van der Waals surface area contributed by atoms with Gasteiger partial charge in [0.25, 0.3) is 0 Å². The number of hydrogen-bond donors (Lipinski definition) is 1. The van der Waals surface area contributed by atoms with Gasteiger partial charge in [-0.15, -0.1) is 0 Å². The minimum atomic E-state index is 0.286. The summed E-state index contributed by atoms with van der Waals surface area (Å²) in [6.45, 7) is 0. The highest BCUT2D eigenvalue weighted by Crippen LogP contribution is 2.30. The van der Waals surface area contributed by atoms with E-state index in [0.29, 0.717) is 0 Å². The van der Waals surface area contributed by atoms with E-state index >= 15 is 0 Å². The third-order valence-electron chi connectivity index (χ3n) is 3.88. The molecule has 110 valence electrons. The Bertz CT molecular complexity index is 973. The van der Waals surface area contributed by atoms with Gasteiger partial charge in [-0.25, -0.2) is 9.97 Å². The molecule has 1 heterocycles. The van der Waals surface area contributed by atoms with Gasteiger partial charge in [-0.1, -0.05) is 72.8 Å². The van der Waals surface area contributed by atoms with E-state index in [1.54, 1.807) is 0 Å². The van der Waals surface area contributed by atoms with Crippen molar-refractivity contribution in [1.29, 1.82) is 0 Å². The van der Waals surface area contributed by atoms with Crippen LogP contribution < -0.4 is 5.73 Å². The summed E-state index contributed by atoms with van der Waals surface area (Å²) in [7, 11) is 0. The van der Waals surface area contributed by atoms with Crippen LogP contribution in [0.2, 0.25) is 0 Å². The zero-order valence-corrected chi connectivity index (χ0v) is 12.5. The van der Waals surface area contributed by atoms with Gasteiger partial charge < -0.3 is 5.73 Å². The lowest BCUT2D eigenvalue weighted by molar-refractivity contribution is 1.19. The first-order chi connectivity index (χ1) is 11.3. The summed E-state index contributed by atoms with van der Waals surface area (Å²) < 4.78 is 0. The zero-order chi connectivity index (χ0) is 15.6. The third kappa shape index (κ3) is 2.53. The smallest absolute Gasteiger partial charge is 0.221 e. The van der Waals surface area contributed by atoms with Crippen LogP contribution in [0.5, 0.6) is 0 Å². The number of aromatic nitrogens is 2. The quantitative estimate of drug-likeness (QED) is 0.590. The van der Waals surface area contributed by atoms with Crippen molar-refractivity contribution >= 4 is 16.7 Å². The van der Waals surface area contributed by atoms with Crippen LogP contribution in [0.3, 0.4) is 0 Å². The Labute approximate surface area is 134 Å². The standard InChI is InChI=1S/C20H15N3/c21-20-22-18(15-8-2-1-3-9-15)13-19(23-20)17-12-6-10-14-7-4-5-11-16(14)17/h1-13H,(H2,21,22,23). The monoisotopic (exact) mass is 297 g/mol. The minimum Gasteiger partial charge on any atom is -0.368 e. The van der Waals surface area contributed by atoms with E-state index in [1.807, 2.05) is 54.6 Å². The van der Waals surface area contributed by atoms with E-state index in [-0.39, 0.29) is 5.95 Å². The number of nitrogens with zero attached hydrogens (tertiary/aromatic N) is 2. The van der Waals surface area contributed by atoms with Crippen LogP contribution >= 0.6 is 0 Å². The first-order valence-corrected chi connectivity index (χ1v) is 7.49. The van der Waals surface area contributed by atoms with E-state index < -0.39 is 0 Å². The second kappa shape index (κ2) is 5.54. The second-order valence-corrected chi connectivity index (χ2v) is 5.39. The Morgan fingerprint density at radius 2 is 1.35 bits per heavy atom. The van der Waals surface area contributed by atoms with E-state index in [4.69, 9.17) is 5.73 Å². The predicted octanol–water partition coefficient (Wildman–Crippen LogP) is 4.55. The van der Waals surface area contributed by atoms with Gasteiger partial charge in [0.2, 0.25) is 5.95 Å². The summed E-state index contributed by atoms with van der Waals surface area (Å²) in [5.41, 5.74) is 9.73. The van der Waals surface area contributed by atoms with Gasteiger partial charge in [-0.3, -0.25) is 0 Å². The van der Waals surface area contributed by atoms with Crippen molar-refractivity contribution in [2.75, 3.05) is 5.73 Å². The number of nitrogens with two attached hydrogens (primary N) is 1. The Morgan fingerprint density at radius 3 is 2.22 bits per heavy atom. The Balaban J connectivity index is 1.94. The van der Waals surface area contributed by atoms with Crippen LogP contribution in [0.25, 0.3) is 33.3 Å². The topological polar surface area (TPSA) is 51.8 Å². The van der Waals surface area contributed by atoms with Crippen molar-refractivity contribution in [3.8, 4) is 22.5 Å². The molecule has 1 aromatic heterocycles. The van der Waals surface area contributed by atoms with Crippen molar-refractivity contribution < 1.29 is 0 Å². The highest BCUT2D eigenvalue weighted by molar-refractivity contribution is 5.96. The molecule has 0 bridgehead atoms. The van der Waals surface area contributed by atoms with Crippen molar-refractivity contribution in [1.82, 2.24) is 9.97 Å². The van der Waals surface area contributed by atoms with E-state index in [9.17, 15) is 0 Å². The molecule has 3 aromatic carbocycles. The molecule has 0 spiro atoms. The van der Waals surface area contributed by atoms with Crippen molar-refractivity contribution in [2.24, 2.45) is 0 Å². The summed E-state index contributed by atoms with van der Waals surface area (Å²) in [5.74, 6) is 0.286. The van der Waals surface area contributed by atoms with Crippen LogP contribution in [0.1, 0.15) is 0 Å². The van der Waals surface area contributed by atoms with Gasteiger partial charge >= 0.3 is 0 Å². The Hall–Kier alpha value is -3.20. The molecule has 0 unspecified atom stereocenters. The maximum Gasteiger partial charge on any atom is 0.221 e. The largest absolute Gasteiger partial charge is 0.368 e. The number of hydrogen-bond acceptors (Lipinski definition) is 3. The molecule has 0 amide bonds. The highest BCUT2D eigenvalue weighted by Gasteiger charge is 2.09. The van der Waals surface area contributed by atoms with Crippen LogP contribution in [0, 0.1) is 0 Å². The first-order valence-electron chi connectivity index (χ1n) is 7.49. The molecule has 2 N–H and O–H groups in total. The van der Waals surface area contributed by atoms with Gasteiger partial charge in [0.1, 0.15) is 0 Å². The average Bonchev–Trinajstić information content (AvgIpc) is 2.61. The van der Waals surface area contributed by atoms with E-state index in [2.05, 4.69) is 34.2 Å². The molecule has 3 nitrogen and oxygen atoms in total. The lowest BCUT2D eigenvalue weighted by Crippen LogP contribution is -1.98. The van der Waals surface area contributed by atoms with Gasteiger partial charge in [-0.05, 0) is 16.8 Å². The number of anilines is 1. The fourth-order valence-electron chi connectivity index (χ4n) is 2.81. The maximum atomic E-state index is 5.96. The second-order valence-electron chi connectivity index (χ2n) is 5.39. The molecular weight excluding hydrogens is 282 g/mol. The number of fused-ring (bicyclic) bond motifs is 1. The lowest BCUT2D eigenvalue weighted by Gasteiger charge is -2.09. The zero-order valence-electron chi connectivity index (χ0n) is 12.5. The van der Waals surface area contributed by atoms with Crippen molar-refractivity contribution in [2.45, 2.75) is 0 Å². The first kappa shape index (κ1) is 13.5. The molecule has 0 aliphatic carbocycles. The summed E-state index contributed by atoms with van der Waals surface area (Å²) in [6.07, 6.45) is 0. The molecule has 0 aliphatic heterocycles. The van der Waals surface area contributed by atoms with Gasteiger partial charge in [0.15, 0.2) is 0 Å². The highest BCUT2D eigenvalue weighted by atomic mass is 15.0.